The lowest BCUT2D eigenvalue weighted by Gasteiger charge is -2.11. The first-order chi connectivity index (χ1) is 12.0. The van der Waals surface area contributed by atoms with Gasteiger partial charge in [0.25, 0.3) is 0 Å². The number of rotatable bonds is 2. The van der Waals surface area contributed by atoms with Gasteiger partial charge in [-0.05, 0) is 35.4 Å². The lowest BCUT2D eigenvalue weighted by molar-refractivity contribution is 0.717. The van der Waals surface area contributed by atoms with E-state index in [0.717, 1.165) is 22.3 Å². The van der Waals surface area contributed by atoms with Crippen molar-refractivity contribution in [3.63, 3.8) is 0 Å². The Balaban J connectivity index is 2.08. The third kappa shape index (κ3) is 2.71. The molecule has 0 atom stereocenters. The number of benzene rings is 2. The summed E-state index contributed by atoms with van der Waals surface area (Å²) in [4.78, 5) is 12.2. The largest absolute Gasteiger partial charge is 0.366 e. The molecule has 4 aromatic rings. The molecule has 0 radical (unpaired) electrons. The highest BCUT2D eigenvalue weighted by molar-refractivity contribution is 6.31. The van der Waals surface area contributed by atoms with Gasteiger partial charge in [0.2, 0.25) is 0 Å². The van der Waals surface area contributed by atoms with Crippen LogP contribution in [0.1, 0.15) is 0 Å². The molecule has 0 unspecified atom stereocenters. The smallest absolute Gasteiger partial charge is 0.244 e. The van der Waals surface area contributed by atoms with Crippen LogP contribution in [0.15, 0.2) is 59.5 Å². The third-order valence-corrected chi connectivity index (χ3v) is 4.49. The number of fused-ring (bicyclic) bond motifs is 1. The summed E-state index contributed by atoms with van der Waals surface area (Å²) in [5, 5.41) is 9.92. The van der Waals surface area contributed by atoms with Crippen LogP contribution in [-0.4, -0.2) is 19.4 Å². The maximum Gasteiger partial charge on any atom is 0.366 e. The van der Waals surface area contributed by atoms with E-state index in [0.29, 0.717) is 15.7 Å². The molecule has 0 fully saturated rings. The molecule has 2 heterocycles. The van der Waals surface area contributed by atoms with Crippen molar-refractivity contribution >= 4 is 28.8 Å². The summed E-state index contributed by atoms with van der Waals surface area (Å²) in [5.74, 6) is 0. The second-order valence-corrected chi connectivity index (χ2v) is 6.46. The highest BCUT2D eigenvalue weighted by atomic mass is 35.5. The van der Waals surface area contributed by atoms with Crippen molar-refractivity contribution in [3.8, 4) is 22.3 Å². The zero-order valence-corrected chi connectivity index (χ0v) is 14.7. The van der Waals surface area contributed by atoms with Crippen LogP contribution < -0.4 is 5.69 Å². The van der Waals surface area contributed by atoms with Gasteiger partial charge >= 0.3 is 5.69 Å². The number of aromatic nitrogens is 4. The summed E-state index contributed by atoms with van der Waals surface area (Å²) in [6, 6.07) is 14.9. The van der Waals surface area contributed by atoms with Gasteiger partial charge in [-0.25, -0.2) is 9.48 Å². The van der Waals surface area contributed by atoms with Crippen LogP contribution in [0.3, 0.4) is 0 Å². The Bertz CT molecular complexity index is 1130. The predicted octanol–water partition coefficient (Wildman–Crippen LogP) is 4.07. The van der Waals surface area contributed by atoms with E-state index in [4.69, 9.17) is 23.2 Å². The summed E-state index contributed by atoms with van der Waals surface area (Å²) >= 11 is 12.0. The fourth-order valence-corrected chi connectivity index (χ4v) is 3.02. The van der Waals surface area contributed by atoms with Gasteiger partial charge in [0.1, 0.15) is 0 Å². The first-order valence-corrected chi connectivity index (χ1v) is 8.27. The van der Waals surface area contributed by atoms with Gasteiger partial charge in [0.15, 0.2) is 5.65 Å². The van der Waals surface area contributed by atoms with Gasteiger partial charge in [-0.15, -0.1) is 5.10 Å². The van der Waals surface area contributed by atoms with Crippen LogP contribution in [0.4, 0.5) is 0 Å². The zero-order valence-electron chi connectivity index (χ0n) is 13.1. The molecule has 0 saturated carbocycles. The number of aryl methyl sites for hydroxylation is 1. The fraction of sp³-hybridized carbons (Fsp3) is 0.0556. The first kappa shape index (κ1) is 15.9. The monoisotopic (exact) mass is 370 g/mol. The summed E-state index contributed by atoms with van der Waals surface area (Å²) in [5.41, 5.74) is 3.69. The maximum absolute atomic E-state index is 12.2. The van der Waals surface area contributed by atoms with Gasteiger partial charge in [-0.2, -0.15) is 9.61 Å². The van der Waals surface area contributed by atoms with E-state index in [-0.39, 0.29) is 5.69 Å². The molecule has 7 heteroatoms. The molecule has 0 saturated heterocycles. The predicted molar refractivity (Wildman–Crippen MR) is 99.1 cm³/mol. The molecule has 2 aromatic heterocycles. The van der Waals surface area contributed by atoms with E-state index in [2.05, 4.69) is 10.2 Å². The summed E-state index contributed by atoms with van der Waals surface area (Å²) in [6.07, 6.45) is 1.67. The van der Waals surface area contributed by atoms with Gasteiger partial charge < -0.3 is 0 Å². The standard InChI is InChI=1S/C18H12Cl2N4O/c1-23-18(25)24-17(22-23)16(12-4-8-14(20)9-5-12)15(10-21-24)11-2-6-13(19)7-3-11/h2-10H,1H3. The number of hydrogen-bond donors (Lipinski definition) is 0. The van der Waals surface area contributed by atoms with Crippen LogP contribution in [0.2, 0.25) is 10.0 Å². The lowest BCUT2D eigenvalue weighted by atomic mass is 9.97. The Hall–Kier alpha value is -2.63. The van der Waals surface area contributed by atoms with Gasteiger partial charge in [-0.3, -0.25) is 0 Å². The van der Waals surface area contributed by atoms with Crippen molar-refractivity contribution < 1.29 is 0 Å². The minimum atomic E-state index is -0.298. The van der Waals surface area contributed by atoms with E-state index >= 15 is 0 Å². The molecule has 0 aliphatic heterocycles. The second kappa shape index (κ2) is 6.02. The van der Waals surface area contributed by atoms with Gasteiger partial charge in [0.05, 0.1) is 6.20 Å². The van der Waals surface area contributed by atoms with Crippen molar-refractivity contribution in [2.45, 2.75) is 0 Å². The third-order valence-electron chi connectivity index (χ3n) is 3.99. The van der Waals surface area contributed by atoms with Crippen LogP contribution in [0.25, 0.3) is 27.9 Å². The normalized spacial score (nSPS) is 11.2. The maximum atomic E-state index is 12.2. The number of nitrogens with zero attached hydrogens (tertiary/aromatic N) is 4. The van der Waals surface area contributed by atoms with Crippen molar-refractivity contribution in [2.24, 2.45) is 7.05 Å². The molecule has 4 rings (SSSR count). The van der Waals surface area contributed by atoms with E-state index in [1.807, 2.05) is 36.4 Å². The van der Waals surface area contributed by atoms with Gasteiger partial charge in [0, 0.05) is 28.2 Å². The molecule has 0 aliphatic carbocycles. The molecule has 25 heavy (non-hydrogen) atoms. The Labute approximate surface area is 153 Å². The van der Waals surface area contributed by atoms with E-state index in [9.17, 15) is 4.79 Å². The second-order valence-electron chi connectivity index (χ2n) is 5.59. The first-order valence-electron chi connectivity index (χ1n) is 7.51. The molecule has 2 aromatic carbocycles. The van der Waals surface area contributed by atoms with Gasteiger partial charge in [-0.1, -0.05) is 47.5 Å². The van der Waals surface area contributed by atoms with Crippen molar-refractivity contribution in [2.75, 3.05) is 0 Å². The Morgan fingerprint density at radius 3 is 2.04 bits per heavy atom. The Kier molecular flexibility index (Phi) is 3.82. The van der Waals surface area contributed by atoms with E-state index in [1.54, 1.807) is 25.4 Å². The highest BCUT2D eigenvalue weighted by Gasteiger charge is 2.17. The minimum Gasteiger partial charge on any atom is -0.244 e. The average Bonchev–Trinajstić information content (AvgIpc) is 2.90. The van der Waals surface area contributed by atoms with Crippen LogP contribution in [-0.2, 0) is 7.05 Å². The van der Waals surface area contributed by atoms with E-state index in [1.165, 1.54) is 9.20 Å². The van der Waals surface area contributed by atoms with E-state index < -0.39 is 0 Å². The molecule has 0 aliphatic rings. The van der Waals surface area contributed by atoms with Crippen molar-refractivity contribution in [1.29, 1.82) is 0 Å². The molecule has 0 bridgehead atoms. The molecule has 5 nitrogen and oxygen atoms in total. The minimum absolute atomic E-state index is 0.298. The summed E-state index contributed by atoms with van der Waals surface area (Å²) in [7, 11) is 1.60. The Morgan fingerprint density at radius 1 is 0.880 bits per heavy atom. The van der Waals surface area contributed by atoms with Crippen LogP contribution >= 0.6 is 23.2 Å². The van der Waals surface area contributed by atoms with Crippen LogP contribution in [0, 0.1) is 0 Å². The molecule has 0 amide bonds. The number of halogens is 2. The molecular weight excluding hydrogens is 359 g/mol. The topological polar surface area (TPSA) is 52.2 Å². The zero-order chi connectivity index (χ0) is 17.6. The molecule has 124 valence electrons. The summed E-state index contributed by atoms with van der Waals surface area (Å²) < 4.78 is 2.57. The lowest BCUT2D eigenvalue weighted by Crippen LogP contribution is -2.19. The molecule has 0 spiro atoms. The Morgan fingerprint density at radius 2 is 1.44 bits per heavy atom. The number of hydrogen-bond acceptors (Lipinski definition) is 3. The van der Waals surface area contributed by atoms with Crippen molar-refractivity contribution in [3.05, 3.63) is 75.3 Å². The highest BCUT2D eigenvalue weighted by Crippen LogP contribution is 2.34. The SMILES string of the molecule is Cn1nc2c(-c3ccc(Cl)cc3)c(-c3ccc(Cl)cc3)cnn2c1=O. The molecular formula is C18H12Cl2N4O. The average molecular weight is 371 g/mol. The molecule has 0 N–H and O–H groups in total. The fourth-order valence-electron chi connectivity index (χ4n) is 2.76. The quantitative estimate of drug-likeness (QED) is 0.534. The van der Waals surface area contributed by atoms with Crippen LogP contribution in [0.5, 0.6) is 0 Å². The van der Waals surface area contributed by atoms with Crippen molar-refractivity contribution in [1.82, 2.24) is 19.4 Å². The summed E-state index contributed by atoms with van der Waals surface area (Å²) in [6.45, 7) is 0.